The van der Waals surface area contributed by atoms with Crippen molar-refractivity contribution in [2.75, 3.05) is 24.2 Å². The van der Waals surface area contributed by atoms with E-state index in [1.807, 2.05) is 0 Å². The van der Waals surface area contributed by atoms with Gasteiger partial charge < -0.3 is 4.90 Å². The minimum atomic E-state index is -3.33. The minimum absolute atomic E-state index is 0.187. The standard InChI is InChI=1S/C19H21FN2O3S/c1-21(13-14-5-3-7-17(20)11-14)19(23)16-8-9-18-15(12-16)6-4-10-22(18)26(2,24)25/h3,5,7-9,11-12H,4,6,10,13H2,1-2H3. The predicted molar refractivity (Wildman–Crippen MR) is 99.2 cm³/mol. The molecule has 1 aliphatic heterocycles. The van der Waals surface area contributed by atoms with Gasteiger partial charge in [-0.3, -0.25) is 9.10 Å². The Bertz CT molecular complexity index is 944. The SMILES string of the molecule is CN(Cc1cccc(F)c1)C(=O)c1ccc2c(c1)CCCN2S(C)(=O)=O. The third-order valence-corrected chi connectivity index (χ3v) is 5.64. The molecular formula is C19H21FN2O3S. The molecule has 1 aliphatic rings. The van der Waals surface area contributed by atoms with Crippen LogP contribution < -0.4 is 4.31 Å². The molecule has 0 spiro atoms. The molecule has 0 bridgehead atoms. The summed E-state index contributed by atoms with van der Waals surface area (Å²) in [4.78, 5) is 14.2. The number of benzene rings is 2. The first kappa shape index (κ1) is 18.4. The van der Waals surface area contributed by atoms with Crippen molar-refractivity contribution in [2.45, 2.75) is 19.4 Å². The fourth-order valence-electron chi connectivity index (χ4n) is 3.24. The second kappa shape index (κ2) is 7.07. The van der Waals surface area contributed by atoms with Gasteiger partial charge >= 0.3 is 0 Å². The molecule has 0 N–H and O–H groups in total. The first-order chi connectivity index (χ1) is 12.3. The largest absolute Gasteiger partial charge is 0.337 e. The average Bonchev–Trinajstić information content (AvgIpc) is 2.59. The van der Waals surface area contributed by atoms with Gasteiger partial charge in [-0.25, -0.2) is 12.8 Å². The molecule has 2 aromatic carbocycles. The van der Waals surface area contributed by atoms with Crippen LogP contribution in [-0.4, -0.2) is 39.1 Å². The van der Waals surface area contributed by atoms with Gasteiger partial charge in [-0.05, 0) is 54.3 Å². The number of carbonyl (C=O) groups is 1. The summed E-state index contributed by atoms with van der Waals surface area (Å²) in [6, 6.07) is 11.2. The monoisotopic (exact) mass is 376 g/mol. The molecule has 1 heterocycles. The summed E-state index contributed by atoms with van der Waals surface area (Å²) in [5, 5.41) is 0. The topological polar surface area (TPSA) is 57.7 Å². The molecule has 0 radical (unpaired) electrons. The van der Waals surface area contributed by atoms with E-state index in [-0.39, 0.29) is 11.7 Å². The Hall–Kier alpha value is -2.41. The maximum atomic E-state index is 13.3. The molecule has 0 saturated carbocycles. The zero-order chi connectivity index (χ0) is 18.9. The van der Waals surface area contributed by atoms with Crippen molar-refractivity contribution in [3.63, 3.8) is 0 Å². The lowest BCUT2D eigenvalue weighted by atomic mass is 10.00. The van der Waals surface area contributed by atoms with Gasteiger partial charge in [0.2, 0.25) is 10.0 Å². The van der Waals surface area contributed by atoms with Crippen LogP contribution in [-0.2, 0) is 23.0 Å². The fraction of sp³-hybridized carbons (Fsp3) is 0.316. The van der Waals surface area contributed by atoms with E-state index in [0.29, 0.717) is 29.9 Å². The number of rotatable bonds is 4. The molecule has 7 heteroatoms. The van der Waals surface area contributed by atoms with Crippen LogP contribution in [0.3, 0.4) is 0 Å². The summed E-state index contributed by atoms with van der Waals surface area (Å²) in [6.45, 7) is 0.752. The van der Waals surface area contributed by atoms with Crippen molar-refractivity contribution in [2.24, 2.45) is 0 Å². The average molecular weight is 376 g/mol. The highest BCUT2D eigenvalue weighted by Crippen LogP contribution is 2.30. The van der Waals surface area contributed by atoms with E-state index in [0.717, 1.165) is 18.4 Å². The van der Waals surface area contributed by atoms with Crippen LogP contribution in [0.15, 0.2) is 42.5 Å². The summed E-state index contributed by atoms with van der Waals surface area (Å²) in [7, 11) is -1.67. The number of nitrogens with zero attached hydrogens (tertiary/aromatic N) is 2. The smallest absolute Gasteiger partial charge is 0.253 e. The Labute approximate surface area is 153 Å². The lowest BCUT2D eigenvalue weighted by Gasteiger charge is -2.29. The molecule has 138 valence electrons. The molecule has 0 aromatic heterocycles. The van der Waals surface area contributed by atoms with Gasteiger partial charge in [0.15, 0.2) is 0 Å². The van der Waals surface area contributed by atoms with E-state index in [2.05, 4.69) is 0 Å². The Balaban J connectivity index is 1.82. The van der Waals surface area contributed by atoms with Crippen LogP contribution in [0.5, 0.6) is 0 Å². The van der Waals surface area contributed by atoms with Gasteiger partial charge in [0.05, 0.1) is 11.9 Å². The number of hydrogen-bond acceptors (Lipinski definition) is 3. The van der Waals surface area contributed by atoms with Gasteiger partial charge in [-0.1, -0.05) is 12.1 Å². The van der Waals surface area contributed by atoms with Gasteiger partial charge in [-0.2, -0.15) is 0 Å². The lowest BCUT2D eigenvalue weighted by molar-refractivity contribution is 0.0785. The summed E-state index contributed by atoms with van der Waals surface area (Å²) in [5.41, 5.74) is 2.70. The van der Waals surface area contributed by atoms with Crippen LogP contribution >= 0.6 is 0 Å². The van der Waals surface area contributed by atoms with Crippen molar-refractivity contribution >= 4 is 21.6 Å². The van der Waals surface area contributed by atoms with Crippen LogP contribution in [0.25, 0.3) is 0 Å². The molecule has 26 heavy (non-hydrogen) atoms. The Kier molecular flexibility index (Phi) is 5.00. The molecule has 1 amide bonds. The van der Waals surface area contributed by atoms with Crippen molar-refractivity contribution in [1.29, 1.82) is 0 Å². The zero-order valence-electron chi connectivity index (χ0n) is 14.8. The first-order valence-corrected chi connectivity index (χ1v) is 10.2. The van der Waals surface area contributed by atoms with Gasteiger partial charge in [0, 0.05) is 25.7 Å². The molecule has 2 aromatic rings. The van der Waals surface area contributed by atoms with E-state index in [1.54, 1.807) is 37.4 Å². The molecule has 5 nitrogen and oxygen atoms in total. The maximum Gasteiger partial charge on any atom is 0.253 e. The van der Waals surface area contributed by atoms with E-state index < -0.39 is 10.0 Å². The van der Waals surface area contributed by atoms with Crippen molar-refractivity contribution in [3.8, 4) is 0 Å². The second-order valence-electron chi connectivity index (χ2n) is 6.57. The summed E-state index contributed by atoms with van der Waals surface area (Å²) in [6.07, 6.45) is 2.64. The van der Waals surface area contributed by atoms with Crippen LogP contribution in [0.4, 0.5) is 10.1 Å². The summed E-state index contributed by atoms with van der Waals surface area (Å²) >= 11 is 0. The number of anilines is 1. The van der Waals surface area contributed by atoms with Crippen LogP contribution in [0.1, 0.15) is 27.9 Å². The molecule has 0 saturated heterocycles. The van der Waals surface area contributed by atoms with E-state index in [4.69, 9.17) is 0 Å². The number of amides is 1. The van der Waals surface area contributed by atoms with Crippen molar-refractivity contribution in [3.05, 3.63) is 65.0 Å². The third-order valence-electron chi connectivity index (χ3n) is 4.46. The molecular weight excluding hydrogens is 355 g/mol. The second-order valence-corrected chi connectivity index (χ2v) is 8.48. The van der Waals surface area contributed by atoms with Crippen LogP contribution in [0, 0.1) is 5.82 Å². The normalized spacial score (nSPS) is 14.0. The maximum absolute atomic E-state index is 13.3. The fourth-order valence-corrected chi connectivity index (χ4v) is 4.24. The molecule has 0 fully saturated rings. The molecule has 0 atom stereocenters. The first-order valence-electron chi connectivity index (χ1n) is 8.36. The number of carbonyl (C=O) groups excluding carboxylic acids is 1. The van der Waals surface area contributed by atoms with E-state index in [1.165, 1.54) is 27.6 Å². The predicted octanol–water partition coefficient (Wildman–Crippen LogP) is 2.81. The Morgan fingerprint density at radius 2 is 2.00 bits per heavy atom. The van der Waals surface area contributed by atoms with Crippen LogP contribution in [0.2, 0.25) is 0 Å². The van der Waals surface area contributed by atoms with Gasteiger partial charge in [0.25, 0.3) is 5.91 Å². The third kappa shape index (κ3) is 3.88. The lowest BCUT2D eigenvalue weighted by Crippen LogP contribution is -2.35. The number of hydrogen-bond donors (Lipinski definition) is 0. The number of sulfonamides is 1. The highest BCUT2D eigenvalue weighted by atomic mass is 32.2. The van der Waals surface area contributed by atoms with Gasteiger partial charge in [0.1, 0.15) is 5.82 Å². The zero-order valence-corrected chi connectivity index (χ0v) is 15.6. The van der Waals surface area contributed by atoms with E-state index in [9.17, 15) is 17.6 Å². The summed E-state index contributed by atoms with van der Waals surface area (Å²) < 4.78 is 38.5. The molecule has 3 rings (SSSR count). The highest BCUT2D eigenvalue weighted by Gasteiger charge is 2.25. The highest BCUT2D eigenvalue weighted by molar-refractivity contribution is 7.92. The number of fused-ring (bicyclic) bond motifs is 1. The minimum Gasteiger partial charge on any atom is -0.337 e. The van der Waals surface area contributed by atoms with Crippen molar-refractivity contribution in [1.82, 2.24) is 4.90 Å². The number of halogens is 1. The van der Waals surface area contributed by atoms with Gasteiger partial charge in [-0.15, -0.1) is 0 Å². The number of aryl methyl sites for hydroxylation is 1. The Morgan fingerprint density at radius 3 is 2.69 bits per heavy atom. The quantitative estimate of drug-likeness (QED) is 0.825. The Morgan fingerprint density at radius 1 is 1.23 bits per heavy atom. The molecule has 0 aliphatic carbocycles. The molecule has 0 unspecified atom stereocenters. The van der Waals surface area contributed by atoms with E-state index >= 15 is 0 Å². The summed E-state index contributed by atoms with van der Waals surface area (Å²) in [5.74, 6) is -0.522. The van der Waals surface area contributed by atoms with Crippen molar-refractivity contribution < 1.29 is 17.6 Å².